The molecule has 0 aliphatic carbocycles. The van der Waals surface area contributed by atoms with Gasteiger partial charge in [0.05, 0.1) is 17.4 Å². The molecule has 0 spiro atoms. The van der Waals surface area contributed by atoms with Gasteiger partial charge < -0.3 is 10.1 Å². The number of aryl methyl sites for hydroxylation is 1. The van der Waals surface area contributed by atoms with Crippen molar-refractivity contribution in [1.82, 2.24) is 10.2 Å². The highest BCUT2D eigenvalue weighted by molar-refractivity contribution is 8.02. The fourth-order valence-corrected chi connectivity index (χ4v) is 3.88. The third kappa shape index (κ3) is 5.04. The summed E-state index contributed by atoms with van der Waals surface area (Å²) in [6.45, 7) is 5.93. The van der Waals surface area contributed by atoms with E-state index in [0.29, 0.717) is 24.3 Å². The predicted molar refractivity (Wildman–Crippen MR) is 95.6 cm³/mol. The molecule has 2 rings (SSSR count). The van der Waals surface area contributed by atoms with Gasteiger partial charge in [-0.25, -0.2) is 4.79 Å². The largest absolute Gasteiger partial charge is 0.462 e. The van der Waals surface area contributed by atoms with Crippen molar-refractivity contribution in [1.29, 1.82) is 0 Å². The summed E-state index contributed by atoms with van der Waals surface area (Å²) >= 11 is 2.88. The number of carbonyl (C=O) groups is 2. The second-order valence-corrected chi connectivity index (χ2v) is 7.52. The first kappa shape index (κ1) is 18.4. The van der Waals surface area contributed by atoms with Gasteiger partial charge in [0, 0.05) is 5.69 Å². The van der Waals surface area contributed by atoms with Gasteiger partial charge in [-0.2, -0.15) is 0 Å². The van der Waals surface area contributed by atoms with Crippen molar-refractivity contribution in [3.05, 3.63) is 34.8 Å². The van der Waals surface area contributed by atoms with Gasteiger partial charge in [0.2, 0.25) is 5.91 Å². The highest BCUT2D eigenvalue weighted by Gasteiger charge is 2.20. The van der Waals surface area contributed by atoms with Crippen molar-refractivity contribution in [2.75, 3.05) is 11.9 Å². The molecule has 1 N–H and O–H groups in total. The number of thioether (sulfide) groups is 1. The molecule has 1 aromatic heterocycles. The van der Waals surface area contributed by atoms with E-state index in [-0.39, 0.29) is 17.1 Å². The van der Waals surface area contributed by atoms with Crippen LogP contribution in [0.5, 0.6) is 0 Å². The van der Waals surface area contributed by atoms with Crippen LogP contribution in [0.1, 0.15) is 35.6 Å². The Morgan fingerprint density at radius 3 is 2.50 bits per heavy atom. The number of carbonyl (C=O) groups excluding carboxylic acids is 2. The summed E-state index contributed by atoms with van der Waals surface area (Å²) in [6, 6.07) is 6.65. The van der Waals surface area contributed by atoms with Crippen LogP contribution in [0, 0.1) is 6.92 Å². The first-order valence-corrected chi connectivity index (χ1v) is 9.27. The number of anilines is 1. The van der Waals surface area contributed by atoms with Gasteiger partial charge in [-0.05, 0) is 44.5 Å². The van der Waals surface area contributed by atoms with Gasteiger partial charge in [-0.15, -0.1) is 10.2 Å². The van der Waals surface area contributed by atoms with Crippen LogP contribution in [0.4, 0.5) is 5.69 Å². The second-order valence-electron chi connectivity index (χ2n) is 4.89. The lowest BCUT2D eigenvalue weighted by atomic mass is 10.2. The number of esters is 1. The molecule has 6 nitrogen and oxygen atoms in total. The maximum atomic E-state index is 12.4. The van der Waals surface area contributed by atoms with Crippen LogP contribution in [0.15, 0.2) is 28.6 Å². The Hall–Kier alpha value is -1.93. The molecule has 0 saturated carbocycles. The minimum atomic E-state index is -0.371. The normalized spacial score (nSPS) is 11.8. The first-order chi connectivity index (χ1) is 11.5. The zero-order chi connectivity index (χ0) is 17.5. The van der Waals surface area contributed by atoms with Crippen LogP contribution in [0.25, 0.3) is 0 Å². The molecule has 0 aliphatic rings. The van der Waals surface area contributed by atoms with E-state index in [0.717, 1.165) is 9.35 Å². The molecule has 8 heteroatoms. The van der Waals surface area contributed by atoms with Crippen LogP contribution in [-0.2, 0) is 9.53 Å². The number of nitrogens with one attached hydrogen (secondary N) is 1. The number of hydrogen-bond acceptors (Lipinski definition) is 7. The monoisotopic (exact) mass is 365 g/mol. The number of nitrogens with zero attached hydrogens (tertiary/aromatic N) is 2. The fraction of sp³-hybridized carbons (Fsp3) is 0.375. The lowest BCUT2D eigenvalue weighted by molar-refractivity contribution is -0.115. The van der Waals surface area contributed by atoms with Crippen LogP contribution in [0.2, 0.25) is 0 Å². The topological polar surface area (TPSA) is 81.2 Å². The lowest BCUT2D eigenvalue weighted by Gasteiger charge is -2.13. The quantitative estimate of drug-likeness (QED) is 0.597. The first-order valence-electron chi connectivity index (χ1n) is 7.58. The molecule has 0 bridgehead atoms. The third-order valence-corrected chi connectivity index (χ3v) is 5.36. The molecule has 0 aliphatic heterocycles. The van der Waals surface area contributed by atoms with Crippen LogP contribution < -0.4 is 5.32 Å². The van der Waals surface area contributed by atoms with Crippen molar-refractivity contribution in [3.63, 3.8) is 0 Å². The number of aromatic nitrogens is 2. The Labute approximate surface area is 149 Å². The molecule has 0 fully saturated rings. The highest BCUT2D eigenvalue weighted by atomic mass is 32.2. The van der Waals surface area contributed by atoms with E-state index in [9.17, 15) is 9.59 Å². The molecule has 0 unspecified atom stereocenters. The summed E-state index contributed by atoms with van der Waals surface area (Å²) in [4.78, 5) is 24.0. The molecule has 1 atom stereocenters. The van der Waals surface area contributed by atoms with E-state index < -0.39 is 0 Å². The van der Waals surface area contributed by atoms with Crippen molar-refractivity contribution in [2.24, 2.45) is 0 Å². The third-order valence-electron chi connectivity index (χ3n) is 3.08. The molecule has 1 heterocycles. The Morgan fingerprint density at radius 1 is 1.25 bits per heavy atom. The van der Waals surface area contributed by atoms with Crippen molar-refractivity contribution in [2.45, 2.75) is 36.8 Å². The van der Waals surface area contributed by atoms with E-state index in [2.05, 4.69) is 15.5 Å². The van der Waals surface area contributed by atoms with Crippen LogP contribution in [-0.4, -0.2) is 33.9 Å². The summed E-state index contributed by atoms with van der Waals surface area (Å²) in [5, 5.41) is 11.5. The summed E-state index contributed by atoms with van der Waals surface area (Å²) < 4.78 is 5.72. The van der Waals surface area contributed by atoms with E-state index in [1.807, 2.05) is 13.8 Å². The zero-order valence-electron chi connectivity index (χ0n) is 13.7. The number of amides is 1. The number of hydrogen-bond donors (Lipinski definition) is 1. The predicted octanol–water partition coefficient (Wildman–Crippen LogP) is 3.53. The summed E-state index contributed by atoms with van der Waals surface area (Å²) in [5.74, 6) is -0.469. The molecular formula is C16H19N3O3S2. The number of ether oxygens (including phenoxy) is 1. The lowest BCUT2D eigenvalue weighted by Crippen LogP contribution is -2.24. The Balaban J connectivity index is 1.98. The van der Waals surface area contributed by atoms with Crippen LogP contribution >= 0.6 is 23.1 Å². The van der Waals surface area contributed by atoms with E-state index >= 15 is 0 Å². The Bertz CT molecular complexity index is 701. The van der Waals surface area contributed by atoms with Gasteiger partial charge in [0.1, 0.15) is 5.01 Å². The molecule has 24 heavy (non-hydrogen) atoms. The van der Waals surface area contributed by atoms with E-state index in [4.69, 9.17) is 4.74 Å². The van der Waals surface area contributed by atoms with Crippen molar-refractivity contribution >= 4 is 40.7 Å². The van der Waals surface area contributed by atoms with Crippen molar-refractivity contribution in [3.8, 4) is 0 Å². The van der Waals surface area contributed by atoms with Crippen molar-refractivity contribution < 1.29 is 14.3 Å². The Morgan fingerprint density at radius 2 is 1.96 bits per heavy atom. The standard InChI is InChI=1S/C16H19N3O3S2/c1-4-13(24-16-19-18-10(3)23-16)14(20)17-12-8-6-11(7-9-12)15(21)22-5-2/h6-9,13H,4-5H2,1-3H3,(H,17,20)/t13-/m0/s1. The molecule has 128 valence electrons. The molecule has 2 aromatic rings. The van der Waals surface area contributed by atoms with Gasteiger partial charge in [-0.3, -0.25) is 4.79 Å². The maximum absolute atomic E-state index is 12.4. The maximum Gasteiger partial charge on any atom is 0.338 e. The minimum Gasteiger partial charge on any atom is -0.462 e. The Kier molecular flexibility index (Phi) is 6.74. The minimum absolute atomic E-state index is 0.0979. The molecular weight excluding hydrogens is 346 g/mol. The molecule has 0 saturated heterocycles. The van der Waals surface area contributed by atoms with E-state index in [1.54, 1.807) is 31.2 Å². The fourth-order valence-electron chi connectivity index (χ4n) is 1.90. The summed E-state index contributed by atoms with van der Waals surface area (Å²) in [5.41, 5.74) is 1.10. The SMILES string of the molecule is CCOC(=O)c1ccc(NC(=O)[C@H](CC)Sc2nnc(C)s2)cc1. The summed E-state index contributed by atoms with van der Waals surface area (Å²) in [6.07, 6.45) is 0.677. The average molecular weight is 365 g/mol. The number of benzene rings is 1. The molecule has 1 aromatic carbocycles. The van der Waals surface area contributed by atoms with Gasteiger partial charge >= 0.3 is 5.97 Å². The van der Waals surface area contributed by atoms with Crippen LogP contribution in [0.3, 0.4) is 0 Å². The molecule has 1 amide bonds. The van der Waals surface area contributed by atoms with Gasteiger partial charge in [0.15, 0.2) is 4.34 Å². The number of rotatable bonds is 7. The second kappa shape index (κ2) is 8.79. The highest BCUT2D eigenvalue weighted by Crippen LogP contribution is 2.28. The average Bonchev–Trinajstić information content (AvgIpc) is 2.98. The van der Waals surface area contributed by atoms with Gasteiger partial charge in [-0.1, -0.05) is 30.0 Å². The smallest absolute Gasteiger partial charge is 0.338 e. The zero-order valence-corrected chi connectivity index (χ0v) is 15.4. The van der Waals surface area contributed by atoms with E-state index in [1.165, 1.54) is 23.1 Å². The summed E-state index contributed by atoms with van der Waals surface area (Å²) in [7, 11) is 0. The van der Waals surface area contributed by atoms with Gasteiger partial charge in [0.25, 0.3) is 0 Å². The molecule has 0 radical (unpaired) electrons.